The lowest BCUT2D eigenvalue weighted by atomic mass is 9.81. The molecular formula is C15H23ClN2O2S. The summed E-state index contributed by atoms with van der Waals surface area (Å²) in [6.45, 7) is 4.96. The molecule has 6 heteroatoms. The monoisotopic (exact) mass is 330 g/mol. The largest absolute Gasteiger partial charge is 0.356 e. The summed E-state index contributed by atoms with van der Waals surface area (Å²) >= 11 is 1.43. The summed E-state index contributed by atoms with van der Waals surface area (Å²) in [5.41, 5.74) is 0.193. The van der Waals surface area contributed by atoms with E-state index >= 15 is 0 Å². The summed E-state index contributed by atoms with van der Waals surface area (Å²) < 4.78 is 0. The number of nitrogens with one attached hydrogen (secondary N) is 2. The standard InChI is InChI=1S/C15H22N2O2S.ClH/c1-15(6-8-16-9-7-15)11-17-14(19)5-4-12(18)13-3-2-10-20-13;/h2-3,10,16H,4-9,11H2,1H3,(H,17,19);1H. The third-order valence-corrected chi connectivity index (χ3v) is 4.81. The number of carbonyl (C=O) groups is 2. The first-order valence-electron chi connectivity index (χ1n) is 7.13. The minimum absolute atomic E-state index is 0. The molecule has 0 spiro atoms. The molecule has 0 atom stereocenters. The molecule has 1 fully saturated rings. The number of carbonyl (C=O) groups excluding carboxylic acids is 2. The molecule has 0 unspecified atom stereocenters. The van der Waals surface area contributed by atoms with Crippen LogP contribution in [0.4, 0.5) is 0 Å². The molecule has 0 aliphatic carbocycles. The van der Waals surface area contributed by atoms with E-state index in [1.807, 2.05) is 11.4 Å². The van der Waals surface area contributed by atoms with Crippen LogP contribution < -0.4 is 10.6 Å². The highest BCUT2D eigenvalue weighted by Crippen LogP contribution is 2.26. The Bertz CT molecular complexity index is 456. The van der Waals surface area contributed by atoms with Gasteiger partial charge >= 0.3 is 0 Å². The van der Waals surface area contributed by atoms with Gasteiger partial charge in [0.1, 0.15) is 0 Å². The van der Waals surface area contributed by atoms with Crippen molar-refractivity contribution in [2.45, 2.75) is 32.6 Å². The Morgan fingerprint density at radius 2 is 2.05 bits per heavy atom. The second-order valence-corrected chi connectivity index (χ2v) is 6.69. The van der Waals surface area contributed by atoms with Gasteiger partial charge in [0.15, 0.2) is 5.78 Å². The molecule has 2 N–H and O–H groups in total. The number of hydrogen-bond acceptors (Lipinski definition) is 4. The second kappa shape index (κ2) is 8.51. The third kappa shape index (κ3) is 5.77. The molecule has 118 valence electrons. The minimum atomic E-state index is -0.0188. The summed E-state index contributed by atoms with van der Waals surface area (Å²) in [5.74, 6) is 0.0397. The molecule has 2 heterocycles. The fraction of sp³-hybridized carbons (Fsp3) is 0.600. The molecule has 1 amide bonds. The molecule has 1 aliphatic heterocycles. The van der Waals surface area contributed by atoms with Crippen molar-refractivity contribution in [2.75, 3.05) is 19.6 Å². The molecular weight excluding hydrogens is 308 g/mol. The summed E-state index contributed by atoms with van der Waals surface area (Å²) in [5, 5.41) is 8.19. The molecule has 0 radical (unpaired) electrons. The van der Waals surface area contributed by atoms with Crippen LogP contribution in [0.5, 0.6) is 0 Å². The van der Waals surface area contributed by atoms with E-state index in [-0.39, 0.29) is 35.9 Å². The number of ketones is 1. The summed E-state index contributed by atoms with van der Waals surface area (Å²) in [4.78, 5) is 24.4. The molecule has 1 aromatic rings. The Hall–Kier alpha value is -0.910. The van der Waals surface area contributed by atoms with Crippen LogP contribution >= 0.6 is 23.7 Å². The maximum atomic E-state index is 11.8. The van der Waals surface area contributed by atoms with Crippen molar-refractivity contribution in [1.82, 2.24) is 10.6 Å². The maximum absolute atomic E-state index is 11.8. The Kier molecular flexibility index (Phi) is 7.35. The van der Waals surface area contributed by atoms with Gasteiger partial charge < -0.3 is 10.6 Å². The van der Waals surface area contributed by atoms with E-state index in [1.54, 1.807) is 6.07 Å². The van der Waals surface area contributed by atoms with Crippen LogP contribution in [0.15, 0.2) is 17.5 Å². The van der Waals surface area contributed by atoms with Gasteiger partial charge in [-0.2, -0.15) is 0 Å². The fourth-order valence-corrected chi connectivity index (χ4v) is 3.09. The van der Waals surface area contributed by atoms with Crippen LogP contribution in [0.3, 0.4) is 0 Å². The van der Waals surface area contributed by atoms with Crippen molar-refractivity contribution < 1.29 is 9.59 Å². The molecule has 4 nitrogen and oxygen atoms in total. The number of hydrogen-bond donors (Lipinski definition) is 2. The van der Waals surface area contributed by atoms with E-state index in [2.05, 4.69) is 17.6 Å². The Morgan fingerprint density at radius 3 is 2.67 bits per heavy atom. The van der Waals surface area contributed by atoms with Gasteiger partial charge in [-0.3, -0.25) is 9.59 Å². The highest BCUT2D eigenvalue weighted by molar-refractivity contribution is 7.12. The van der Waals surface area contributed by atoms with E-state index in [0.29, 0.717) is 13.0 Å². The maximum Gasteiger partial charge on any atom is 0.220 e. The average molecular weight is 331 g/mol. The predicted molar refractivity (Wildman–Crippen MR) is 88.4 cm³/mol. The smallest absolute Gasteiger partial charge is 0.220 e. The molecule has 1 aliphatic rings. The third-order valence-electron chi connectivity index (χ3n) is 3.90. The van der Waals surface area contributed by atoms with E-state index in [0.717, 1.165) is 30.8 Å². The van der Waals surface area contributed by atoms with Gasteiger partial charge in [0.25, 0.3) is 0 Å². The highest BCUT2D eigenvalue weighted by Gasteiger charge is 2.26. The average Bonchev–Trinajstić information content (AvgIpc) is 2.98. The van der Waals surface area contributed by atoms with Crippen molar-refractivity contribution in [3.05, 3.63) is 22.4 Å². The highest BCUT2D eigenvalue weighted by atomic mass is 35.5. The number of Topliss-reactive ketones (excluding diaryl/α,β-unsaturated/α-hetero) is 1. The van der Waals surface area contributed by atoms with Crippen molar-refractivity contribution in [1.29, 1.82) is 0 Å². The summed E-state index contributed by atoms with van der Waals surface area (Å²) in [6.07, 6.45) is 2.75. The molecule has 1 aromatic heterocycles. The number of thiophene rings is 1. The normalized spacial score (nSPS) is 16.8. The number of halogens is 1. The van der Waals surface area contributed by atoms with Crippen LogP contribution in [0.25, 0.3) is 0 Å². The first-order valence-corrected chi connectivity index (χ1v) is 8.01. The predicted octanol–water partition coefficient (Wildman–Crippen LogP) is 2.64. The van der Waals surface area contributed by atoms with Crippen LogP contribution in [0, 0.1) is 5.41 Å². The Balaban J connectivity index is 0.00000220. The van der Waals surface area contributed by atoms with Crippen LogP contribution in [-0.2, 0) is 4.79 Å². The molecule has 1 saturated heterocycles. The number of amides is 1. The topological polar surface area (TPSA) is 58.2 Å². The second-order valence-electron chi connectivity index (χ2n) is 5.74. The number of rotatable bonds is 6. The lowest BCUT2D eigenvalue weighted by molar-refractivity contribution is -0.121. The fourth-order valence-electron chi connectivity index (χ4n) is 2.39. The van der Waals surface area contributed by atoms with E-state index in [1.165, 1.54) is 11.3 Å². The van der Waals surface area contributed by atoms with Crippen molar-refractivity contribution >= 4 is 35.4 Å². The van der Waals surface area contributed by atoms with Crippen LogP contribution in [-0.4, -0.2) is 31.3 Å². The van der Waals surface area contributed by atoms with E-state index < -0.39 is 0 Å². The molecule has 21 heavy (non-hydrogen) atoms. The van der Waals surface area contributed by atoms with Gasteiger partial charge in [0.2, 0.25) is 5.91 Å². The lowest BCUT2D eigenvalue weighted by Crippen LogP contribution is -2.42. The van der Waals surface area contributed by atoms with Crippen molar-refractivity contribution in [2.24, 2.45) is 5.41 Å². The van der Waals surface area contributed by atoms with E-state index in [9.17, 15) is 9.59 Å². The van der Waals surface area contributed by atoms with Gasteiger partial charge in [-0.05, 0) is 42.8 Å². The Labute approximate surface area is 136 Å². The molecule has 2 rings (SSSR count). The Morgan fingerprint density at radius 1 is 1.33 bits per heavy atom. The van der Waals surface area contributed by atoms with Gasteiger partial charge in [0, 0.05) is 19.4 Å². The summed E-state index contributed by atoms with van der Waals surface area (Å²) in [6, 6.07) is 3.66. The SMILES string of the molecule is CC1(CNC(=O)CCC(=O)c2cccs2)CCNCC1.Cl. The molecule has 0 aromatic carbocycles. The van der Waals surface area contributed by atoms with Crippen molar-refractivity contribution in [3.63, 3.8) is 0 Å². The van der Waals surface area contributed by atoms with E-state index in [4.69, 9.17) is 0 Å². The number of piperidine rings is 1. The lowest BCUT2D eigenvalue weighted by Gasteiger charge is -2.34. The van der Waals surface area contributed by atoms with Crippen molar-refractivity contribution in [3.8, 4) is 0 Å². The zero-order valence-corrected chi connectivity index (χ0v) is 13.9. The zero-order valence-electron chi connectivity index (χ0n) is 12.3. The first kappa shape index (κ1) is 18.1. The summed E-state index contributed by atoms with van der Waals surface area (Å²) in [7, 11) is 0. The first-order chi connectivity index (χ1) is 9.59. The van der Waals surface area contributed by atoms with Gasteiger partial charge in [-0.15, -0.1) is 23.7 Å². The zero-order chi connectivity index (χ0) is 14.4. The molecule has 0 saturated carbocycles. The van der Waals surface area contributed by atoms with Gasteiger partial charge in [-0.25, -0.2) is 0 Å². The minimum Gasteiger partial charge on any atom is -0.356 e. The quantitative estimate of drug-likeness (QED) is 0.788. The van der Waals surface area contributed by atoms with Gasteiger partial charge in [-0.1, -0.05) is 13.0 Å². The molecule has 0 bridgehead atoms. The van der Waals surface area contributed by atoms with Gasteiger partial charge in [0.05, 0.1) is 4.88 Å². The van der Waals surface area contributed by atoms with Crippen LogP contribution in [0.1, 0.15) is 42.3 Å². The van der Waals surface area contributed by atoms with Crippen LogP contribution in [0.2, 0.25) is 0 Å².